The van der Waals surface area contributed by atoms with Crippen LogP contribution in [0.5, 0.6) is 0 Å². The molecule has 0 spiro atoms. The Balaban J connectivity index is 3.03. The average Bonchev–Trinajstić information content (AvgIpc) is 2.04. The Labute approximate surface area is 65.2 Å². The van der Waals surface area contributed by atoms with Crippen molar-refractivity contribution in [3.05, 3.63) is 34.2 Å². The quantitative estimate of drug-likeness (QED) is 0.658. The first kappa shape index (κ1) is 8.01. The zero-order valence-corrected chi connectivity index (χ0v) is 6.50. The molecule has 1 atom stereocenters. The van der Waals surface area contributed by atoms with Crippen LogP contribution in [0.1, 0.15) is 24.9 Å². The van der Waals surface area contributed by atoms with E-state index >= 15 is 0 Å². The third kappa shape index (κ3) is 1.68. The summed E-state index contributed by atoms with van der Waals surface area (Å²) in [5, 5.41) is 0. The first-order valence-corrected chi connectivity index (χ1v) is 3.69. The van der Waals surface area contributed by atoms with Gasteiger partial charge in [-0.25, -0.2) is 0 Å². The van der Waals surface area contributed by atoms with Crippen molar-refractivity contribution in [3.63, 3.8) is 0 Å². The first-order chi connectivity index (χ1) is 5.25. The standard InChI is InChI=1S/C8H12N2O/c1-2-7(9)6-4-3-5-10-8(6)11/h3-5,7H,2,9H2,1H3,(H,10,11)/t7-/m1/s1. The summed E-state index contributed by atoms with van der Waals surface area (Å²) in [5.74, 6) is 0. The number of aromatic amines is 1. The maximum absolute atomic E-state index is 11.1. The lowest BCUT2D eigenvalue weighted by molar-refractivity contribution is 0.688. The van der Waals surface area contributed by atoms with Gasteiger partial charge in [-0.2, -0.15) is 0 Å². The third-order valence-electron chi connectivity index (χ3n) is 1.69. The Bertz CT molecular complexity index is 279. The molecule has 3 nitrogen and oxygen atoms in total. The summed E-state index contributed by atoms with van der Waals surface area (Å²) < 4.78 is 0. The largest absolute Gasteiger partial charge is 0.329 e. The molecule has 3 heteroatoms. The highest BCUT2D eigenvalue weighted by Crippen LogP contribution is 2.06. The molecule has 3 N–H and O–H groups in total. The highest BCUT2D eigenvalue weighted by Gasteiger charge is 2.05. The van der Waals surface area contributed by atoms with Gasteiger partial charge in [-0.1, -0.05) is 13.0 Å². The average molecular weight is 152 g/mol. The van der Waals surface area contributed by atoms with Crippen LogP contribution in [0.2, 0.25) is 0 Å². The van der Waals surface area contributed by atoms with Crippen LogP contribution in [-0.2, 0) is 0 Å². The SMILES string of the molecule is CC[C@@H](N)c1ccc[nH]c1=O. The van der Waals surface area contributed by atoms with Gasteiger partial charge in [0, 0.05) is 17.8 Å². The summed E-state index contributed by atoms with van der Waals surface area (Å²) in [6, 6.07) is 3.40. The van der Waals surface area contributed by atoms with Crippen LogP contribution in [0.25, 0.3) is 0 Å². The minimum atomic E-state index is -0.139. The van der Waals surface area contributed by atoms with Gasteiger partial charge in [0.2, 0.25) is 0 Å². The van der Waals surface area contributed by atoms with Gasteiger partial charge in [0.15, 0.2) is 0 Å². The molecule has 0 aliphatic heterocycles. The van der Waals surface area contributed by atoms with Crippen molar-refractivity contribution >= 4 is 0 Å². The highest BCUT2D eigenvalue weighted by molar-refractivity contribution is 5.13. The summed E-state index contributed by atoms with van der Waals surface area (Å²) in [6.07, 6.45) is 2.39. The molecule has 0 saturated carbocycles. The van der Waals surface area contributed by atoms with Gasteiger partial charge in [-0.15, -0.1) is 0 Å². The van der Waals surface area contributed by atoms with E-state index in [-0.39, 0.29) is 11.6 Å². The summed E-state index contributed by atoms with van der Waals surface area (Å²) in [6.45, 7) is 1.96. The van der Waals surface area contributed by atoms with Crippen molar-refractivity contribution < 1.29 is 0 Å². The van der Waals surface area contributed by atoms with E-state index in [1.165, 1.54) is 0 Å². The molecule has 11 heavy (non-hydrogen) atoms. The second-order valence-corrected chi connectivity index (χ2v) is 2.47. The van der Waals surface area contributed by atoms with Crippen molar-refractivity contribution in [2.75, 3.05) is 0 Å². The Hall–Kier alpha value is -1.09. The Morgan fingerprint density at radius 1 is 1.73 bits per heavy atom. The molecule has 1 rings (SSSR count). The maximum Gasteiger partial charge on any atom is 0.252 e. The fourth-order valence-electron chi connectivity index (χ4n) is 0.946. The van der Waals surface area contributed by atoms with Crippen molar-refractivity contribution in [3.8, 4) is 0 Å². The van der Waals surface area contributed by atoms with Gasteiger partial charge in [-0.3, -0.25) is 4.79 Å². The van der Waals surface area contributed by atoms with Crippen LogP contribution < -0.4 is 11.3 Å². The third-order valence-corrected chi connectivity index (χ3v) is 1.69. The minimum absolute atomic E-state index is 0.0816. The van der Waals surface area contributed by atoms with E-state index in [2.05, 4.69) is 4.98 Å². The number of pyridine rings is 1. The topological polar surface area (TPSA) is 58.9 Å². The zero-order chi connectivity index (χ0) is 8.27. The monoisotopic (exact) mass is 152 g/mol. The van der Waals surface area contributed by atoms with Crippen LogP contribution in [0.4, 0.5) is 0 Å². The molecule has 0 fully saturated rings. The second-order valence-electron chi connectivity index (χ2n) is 2.47. The smallest absolute Gasteiger partial charge is 0.252 e. The molecule has 0 aromatic carbocycles. The molecular formula is C8H12N2O. The molecular weight excluding hydrogens is 140 g/mol. The second kappa shape index (κ2) is 3.34. The lowest BCUT2D eigenvalue weighted by Crippen LogP contribution is -2.20. The molecule has 60 valence electrons. The molecule has 0 radical (unpaired) electrons. The molecule has 1 aromatic heterocycles. The number of aromatic nitrogens is 1. The van der Waals surface area contributed by atoms with E-state index < -0.39 is 0 Å². The van der Waals surface area contributed by atoms with Gasteiger partial charge in [0.05, 0.1) is 0 Å². The van der Waals surface area contributed by atoms with Gasteiger partial charge in [0.1, 0.15) is 0 Å². The van der Waals surface area contributed by atoms with Crippen molar-refractivity contribution in [1.29, 1.82) is 0 Å². The van der Waals surface area contributed by atoms with Crippen LogP contribution >= 0.6 is 0 Å². The van der Waals surface area contributed by atoms with Crippen LogP contribution in [0.15, 0.2) is 23.1 Å². The normalized spacial score (nSPS) is 12.9. The zero-order valence-electron chi connectivity index (χ0n) is 6.50. The molecule has 0 amide bonds. The summed E-state index contributed by atoms with van der Waals surface area (Å²) in [5.41, 5.74) is 6.26. The minimum Gasteiger partial charge on any atom is -0.329 e. The molecule has 0 unspecified atom stereocenters. The van der Waals surface area contributed by atoms with Crippen molar-refractivity contribution in [2.24, 2.45) is 5.73 Å². The molecule has 0 bridgehead atoms. The Morgan fingerprint density at radius 2 is 2.45 bits per heavy atom. The van der Waals surface area contributed by atoms with E-state index in [9.17, 15) is 4.79 Å². The number of hydrogen-bond acceptors (Lipinski definition) is 2. The Kier molecular flexibility index (Phi) is 2.44. The highest BCUT2D eigenvalue weighted by atomic mass is 16.1. The Morgan fingerprint density at radius 3 is 3.00 bits per heavy atom. The van der Waals surface area contributed by atoms with Gasteiger partial charge in [-0.05, 0) is 12.5 Å². The van der Waals surface area contributed by atoms with E-state index in [1.807, 2.05) is 6.92 Å². The van der Waals surface area contributed by atoms with Gasteiger partial charge in [0.25, 0.3) is 5.56 Å². The number of nitrogens with two attached hydrogens (primary N) is 1. The predicted molar refractivity (Wildman–Crippen MR) is 44.3 cm³/mol. The lowest BCUT2D eigenvalue weighted by atomic mass is 10.1. The summed E-state index contributed by atoms with van der Waals surface area (Å²) >= 11 is 0. The van der Waals surface area contributed by atoms with E-state index in [0.717, 1.165) is 6.42 Å². The molecule has 0 aliphatic rings. The summed E-state index contributed by atoms with van der Waals surface area (Å²) in [7, 11) is 0. The van der Waals surface area contributed by atoms with Crippen molar-refractivity contribution in [2.45, 2.75) is 19.4 Å². The molecule has 0 saturated heterocycles. The molecule has 1 aromatic rings. The number of nitrogens with one attached hydrogen (secondary N) is 1. The predicted octanol–water partition coefficient (Wildman–Crippen LogP) is 0.785. The fourth-order valence-corrected chi connectivity index (χ4v) is 0.946. The van der Waals surface area contributed by atoms with E-state index in [0.29, 0.717) is 5.56 Å². The summed E-state index contributed by atoms with van der Waals surface area (Å²) in [4.78, 5) is 13.7. The van der Waals surface area contributed by atoms with Crippen LogP contribution in [0, 0.1) is 0 Å². The number of rotatable bonds is 2. The number of hydrogen-bond donors (Lipinski definition) is 2. The first-order valence-electron chi connectivity index (χ1n) is 3.69. The van der Waals surface area contributed by atoms with Gasteiger partial charge < -0.3 is 10.7 Å². The van der Waals surface area contributed by atoms with Crippen LogP contribution in [-0.4, -0.2) is 4.98 Å². The van der Waals surface area contributed by atoms with E-state index in [1.54, 1.807) is 18.3 Å². The van der Waals surface area contributed by atoms with E-state index in [4.69, 9.17) is 5.73 Å². The fraction of sp³-hybridized carbons (Fsp3) is 0.375. The molecule has 0 aliphatic carbocycles. The van der Waals surface area contributed by atoms with Crippen LogP contribution in [0.3, 0.4) is 0 Å². The molecule has 1 heterocycles. The maximum atomic E-state index is 11.1. The van der Waals surface area contributed by atoms with Crippen molar-refractivity contribution in [1.82, 2.24) is 4.98 Å². The van der Waals surface area contributed by atoms with Gasteiger partial charge >= 0.3 is 0 Å². The lowest BCUT2D eigenvalue weighted by Gasteiger charge is -2.05. The number of H-pyrrole nitrogens is 1.